The van der Waals surface area contributed by atoms with Gasteiger partial charge in [0, 0.05) is 36.8 Å². The summed E-state index contributed by atoms with van der Waals surface area (Å²) in [6.07, 6.45) is -4.28. The number of nitrogens with two attached hydrogens (primary N) is 1. The third-order valence-electron chi connectivity index (χ3n) is 4.66. The Kier molecular flexibility index (Phi) is 9.00. The van der Waals surface area contributed by atoms with Gasteiger partial charge in [0.1, 0.15) is 22.7 Å². The largest absolute Gasteiger partial charge is 0.490 e. The van der Waals surface area contributed by atoms with Crippen molar-refractivity contribution in [2.24, 2.45) is 5.73 Å². The summed E-state index contributed by atoms with van der Waals surface area (Å²) in [4.78, 5) is 28.2. The Morgan fingerprint density at radius 2 is 1.97 bits per heavy atom. The van der Waals surface area contributed by atoms with Gasteiger partial charge in [0.15, 0.2) is 0 Å². The predicted molar refractivity (Wildman–Crippen MR) is 116 cm³/mol. The molecule has 0 bridgehead atoms. The average molecular weight is 557 g/mol. The Hall–Kier alpha value is -2.74. The fourth-order valence-corrected chi connectivity index (χ4v) is 3.41. The van der Waals surface area contributed by atoms with Crippen LogP contribution in [0.2, 0.25) is 0 Å². The fourth-order valence-electron chi connectivity index (χ4n) is 3.02. The Balaban J connectivity index is 0.000000509. The summed E-state index contributed by atoms with van der Waals surface area (Å²) in [5, 5.41) is 7.12. The van der Waals surface area contributed by atoms with Crippen LogP contribution in [0.1, 0.15) is 31.9 Å². The lowest BCUT2D eigenvalue weighted by Crippen LogP contribution is -2.35. The van der Waals surface area contributed by atoms with Crippen LogP contribution in [-0.2, 0) is 11.4 Å². The van der Waals surface area contributed by atoms with E-state index in [0.29, 0.717) is 19.0 Å². The highest BCUT2D eigenvalue weighted by Gasteiger charge is 2.38. The molecular weight excluding hydrogens is 535 g/mol. The van der Waals surface area contributed by atoms with Crippen LogP contribution in [0.4, 0.5) is 27.9 Å². The van der Waals surface area contributed by atoms with Crippen LogP contribution in [0.25, 0.3) is 0 Å². The molecule has 0 unspecified atom stereocenters. The lowest BCUT2D eigenvalue weighted by atomic mass is 10.2. The Labute approximate surface area is 199 Å². The number of carboxylic acids is 1. The van der Waals surface area contributed by atoms with Crippen LogP contribution < -0.4 is 20.9 Å². The smallest absolute Gasteiger partial charge is 0.475 e. The second kappa shape index (κ2) is 11.1. The molecule has 1 aromatic carbocycles. The maximum atomic E-state index is 13.8. The van der Waals surface area contributed by atoms with E-state index < -0.39 is 23.8 Å². The first-order chi connectivity index (χ1) is 15.7. The van der Waals surface area contributed by atoms with Gasteiger partial charge < -0.3 is 20.5 Å². The van der Waals surface area contributed by atoms with Crippen molar-refractivity contribution in [1.29, 1.82) is 0 Å². The van der Waals surface area contributed by atoms with Crippen molar-refractivity contribution in [2.75, 3.05) is 18.0 Å². The molecule has 1 aliphatic heterocycles. The first-order valence-corrected chi connectivity index (χ1v) is 10.7. The maximum Gasteiger partial charge on any atom is 0.490 e. The summed E-state index contributed by atoms with van der Waals surface area (Å²) in [6, 6.07) is 3.14. The molecule has 2 aromatic rings. The minimum Gasteiger partial charge on any atom is -0.475 e. The molecule has 3 rings (SSSR count). The lowest BCUT2D eigenvalue weighted by molar-refractivity contribution is -0.192. The average Bonchev–Trinajstić information content (AvgIpc) is 3.15. The van der Waals surface area contributed by atoms with E-state index in [0.717, 1.165) is 18.6 Å². The van der Waals surface area contributed by atoms with Crippen molar-refractivity contribution in [1.82, 2.24) is 9.55 Å². The van der Waals surface area contributed by atoms with E-state index in [9.17, 15) is 26.7 Å². The maximum absolute atomic E-state index is 13.8. The van der Waals surface area contributed by atoms with Crippen molar-refractivity contribution in [2.45, 2.75) is 45.1 Å². The summed E-state index contributed by atoms with van der Waals surface area (Å²) in [7, 11) is 0. The molecule has 34 heavy (non-hydrogen) atoms. The summed E-state index contributed by atoms with van der Waals surface area (Å²) < 4.78 is 65.9. The number of carbonyl (C=O) groups is 1. The zero-order chi connectivity index (χ0) is 25.8. The second-order valence-electron chi connectivity index (χ2n) is 7.62. The third kappa shape index (κ3) is 6.88. The number of ether oxygens (including phenoxy) is 1. The van der Waals surface area contributed by atoms with E-state index in [1.165, 1.54) is 6.07 Å². The van der Waals surface area contributed by atoms with Crippen molar-refractivity contribution >= 4 is 27.8 Å². The number of alkyl halides is 3. The fraction of sp³-hybridized carbons (Fsp3) is 0.450. The normalized spacial score (nSPS) is 15.8. The summed E-state index contributed by atoms with van der Waals surface area (Å²) in [6.45, 7) is 4.88. The van der Waals surface area contributed by atoms with Crippen LogP contribution in [0.15, 0.2) is 27.5 Å². The van der Waals surface area contributed by atoms with Gasteiger partial charge in [-0.25, -0.2) is 13.6 Å². The van der Waals surface area contributed by atoms with Gasteiger partial charge in [-0.05, 0) is 48.3 Å². The number of halogens is 6. The van der Waals surface area contributed by atoms with Gasteiger partial charge in [0.2, 0.25) is 11.8 Å². The van der Waals surface area contributed by atoms with Gasteiger partial charge >= 0.3 is 12.1 Å². The van der Waals surface area contributed by atoms with Crippen molar-refractivity contribution in [3.8, 4) is 5.88 Å². The quantitative estimate of drug-likeness (QED) is 0.541. The molecule has 0 radical (unpaired) electrons. The number of nitrogens with zero attached hydrogens (tertiary/aromatic N) is 3. The van der Waals surface area contributed by atoms with E-state index in [1.807, 2.05) is 18.7 Å². The molecule has 1 aromatic heterocycles. The van der Waals surface area contributed by atoms with E-state index in [-0.39, 0.29) is 40.2 Å². The first-order valence-electron chi connectivity index (χ1n) is 9.91. The van der Waals surface area contributed by atoms with Gasteiger partial charge in [-0.15, -0.1) is 0 Å². The number of rotatable bonds is 5. The van der Waals surface area contributed by atoms with Crippen LogP contribution >= 0.6 is 15.9 Å². The summed E-state index contributed by atoms with van der Waals surface area (Å²) >= 11 is 3.24. The molecular formula is C20H22BrF5N4O4. The standard InChI is InChI=1S/C18H21BrF2N4O2.C2HF3O2/c1-10(2)25-17(26)15(19)16(23-18(25)24-6-5-13(22)8-24)27-9-11-3-4-12(20)7-14(11)21;3-2(4,5)1(6)7/h3-4,7,10,13H,5-6,8-9,22H2,1-2H3;(H,6,7)/t13-;/m0./s1. The number of anilines is 1. The molecule has 14 heteroatoms. The van der Waals surface area contributed by atoms with E-state index in [4.69, 9.17) is 20.4 Å². The molecule has 188 valence electrons. The highest BCUT2D eigenvalue weighted by Crippen LogP contribution is 2.27. The zero-order valence-electron chi connectivity index (χ0n) is 18.1. The van der Waals surface area contributed by atoms with E-state index in [1.54, 1.807) is 4.57 Å². The monoisotopic (exact) mass is 556 g/mol. The van der Waals surface area contributed by atoms with Gasteiger partial charge in [-0.2, -0.15) is 18.2 Å². The molecule has 8 nitrogen and oxygen atoms in total. The Bertz CT molecular complexity index is 1090. The Morgan fingerprint density at radius 3 is 2.44 bits per heavy atom. The number of carboxylic acid groups (broad SMARTS) is 1. The summed E-state index contributed by atoms with van der Waals surface area (Å²) in [5.74, 6) is -3.60. The van der Waals surface area contributed by atoms with Crippen molar-refractivity contribution in [3.05, 3.63) is 50.2 Å². The molecule has 0 saturated carbocycles. The number of benzene rings is 1. The summed E-state index contributed by atoms with van der Waals surface area (Å²) in [5.41, 5.74) is 5.87. The molecule has 1 aliphatic rings. The second-order valence-corrected chi connectivity index (χ2v) is 8.41. The van der Waals surface area contributed by atoms with Gasteiger partial charge in [0.25, 0.3) is 5.56 Å². The SMILES string of the molecule is CC(C)n1c(N2CC[C@H](N)C2)nc(OCc2ccc(F)cc2F)c(Br)c1=O.O=C(O)C(F)(F)F. The van der Waals surface area contributed by atoms with Gasteiger partial charge in [0.05, 0.1) is 0 Å². The number of hydrogen-bond acceptors (Lipinski definition) is 6. The Morgan fingerprint density at radius 1 is 1.35 bits per heavy atom. The van der Waals surface area contributed by atoms with Crippen molar-refractivity contribution < 1.29 is 36.6 Å². The highest BCUT2D eigenvalue weighted by atomic mass is 79.9. The molecule has 0 aliphatic carbocycles. The molecule has 3 N–H and O–H groups in total. The molecule has 1 saturated heterocycles. The number of hydrogen-bond donors (Lipinski definition) is 2. The molecule has 0 spiro atoms. The van der Waals surface area contributed by atoms with E-state index in [2.05, 4.69) is 20.9 Å². The predicted octanol–water partition coefficient (Wildman–Crippen LogP) is 3.61. The topological polar surface area (TPSA) is 111 Å². The lowest BCUT2D eigenvalue weighted by Gasteiger charge is -2.24. The molecule has 2 heterocycles. The highest BCUT2D eigenvalue weighted by molar-refractivity contribution is 9.10. The van der Waals surface area contributed by atoms with E-state index >= 15 is 0 Å². The minimum atomic E-state index is -5.08. The van der Waals surface area contributed by atoms with Crippen molar-refractivity contribution in [3.63, 3.8) is 0 Å². The molecule has 1 fully saturated rings. The molecule has 0 amide bonds. The van der Waals surface area contributed by atoms with Crippen LogP contribution in [0.5, 0.6) is 5.88 Å². The number of aliphatic carboxylic acids is 1. The first kappa shape index (κ1) is 27.5. The van der Waals surface area contributed by atoms with Crippen LogP contribution in [-0.4, -0.2) is 45.9 Å². The van der Waals surface area contributed by atoms with Crippen LogP contribution in [0.3, 0.4) is 0 Å². The van der Waals surface area contributed by atoms with Gasteiger partial charge in [-0.1, -0.05) is 0 Å². The number of aromatic nitrogens is 2. The minimum absolute atomic E-state index is 0.0174. The molecule has 1 atom stereocenters. The third-order valence-corrected chi connectivity index (χ3v) is 5.34. The zero-order valence-corrected chi connectivity index (χ0v) is 19.7. The van der Waals surface area contributed by atoms with Crippen LogP contribution in [0, 0.1) is 11.6 Å². The van der Waals surface area contributed by atoms with Gasteiger partial charge in [-0.3, -0.25) is 9.36 Å².